The molecule has 0 bridgehead atoms. The molecule has 0 fully saturated rings. The monoisotopic (exact) mass is 464 g/mol. The summed E-state index contributed by atoms with van der Waals surface area (Å²) < 4.78 is 35.7. The fourth-order valence-corrected chi connectivity index (χ4v) is 2.69. The summed E-state index contributed by atoms with van der Waals surface area (Å²) >= 11 is 0. The molecule has 12 nitrogen and oxygen atoms in total. The molecule has 0 radical (unpaired) electrons. The molecular weight excluding hydrogens is 440 g/mol. The maximum atomic E-state index is 12.0. The van der Waals surface area contributed by atoms with Crippen LogP contribution in [0, 0.1) is 20.2 Å². The van der Waals surface area contributed by atoms with Gasteiger partial charge in [0.05, 0.1) is 44.0 Å². The second kappa shape index (κ2) is 12.0. The van der Waals surface area contributed by atoms with Gasteiger partial charge in [-0.05, 0) is 18.6 Å². The van der Waals surface area contributed by atoms with Crippen LogP contribution in [-0.2, 0) is 32.2 Å². The largest absolute Gasteiger partial charge is 0.493 e. The van der Waals surface area contributed by atoms with E-state index in [4.69, 9.17) is 21.7 Å². The third-order valence-electron chi connectivity index (χ3n) is 4.31. The first kappa shape index (κ1) is 22.0. The van der Waals surface area contributed by atoms with Crippen LogP contribution < -0.4 is 9.47 Å². The Labute approximate surface area is 191 Å². The quantitative estimate of drug-likeness (QED) is 0.259. The normalized spacial score (nSPS) is 11.6. The number of carbonyl (C=O) groups is 2. The molecule has 0 heterocycles. The number of benzene rings is 2. The van der Waals surface area contributed by atoms with Crippen molar-refractivity contribution < 1.29 is 41.1 Å². The number of nitrogens with zero attached hydrogens (tertiary/aromatic N) is 2. The molecule has 0 aromatic heterocycles. The Kier molecular flexibility index (Phi) is 7.98. The SMILES string of the molecule is [2H]C([2H])(OC(=O)CCCC(=O)OCc1cc(OC)c(OC)cc1[N+](=O)[O-])c1ccccc1[N+](=O)[O-]. The van der Waals surface area contributed by atoms with Gasteiger partial charge in [0.25, 0.3) is 11.4 Å². The van der Waals surface area contributed by atoms with Crippen LogP contribution in [0.4, 0.5) is 11.4 Å². The van der Waals surface area contributed by atoms with Gasteiger partial charge in [0.15, 0.2) is 11.5 Å². The summed E-state index contributed by atoms with van der Waals surface area (Å²) in [4.78, 5) is 45.0. The van der Waals surface area contributed by atoms with Gasteiger partial charge < -0.3 is 18.9 Å². The Hall–Kier alpha value is -4.22. The minimum absolute atomic E-state index is 0.0676. The van der Waals surface area contributed by atoms with E-state index >= 15 is 0 Å². The lowest BCUT2D eigenvalue weighted by molar-refractivity contribution is -0.386. The molecule has 0 atom stereocenters. The van der Waals surface area contributed by atoms with E-state index in [-0.39, 0.29) is 42.0 Å². The molecule has 33 heavy (non-hydrogen) atoms. The number of para-hydroxylation sites is 1. The maximum absolute atomic E-state index is 12.0. The smallest absolute Gasteiger partial charge is 0.306 e. The molecule has 176 valence electrons. The van der Waals surface area contributed by atoms with Crippen LogP contribution in [0.2, 0.25) is 0 Å². The van der Waals surface area contributed by atoms with Crippen LogP contribution >= 0.6 is 0 Å². The Bertz CT molecular complexity index is 1120. The highest BCUT2D eigenvalue weighted by atomic mass is 16.6. The zero-order valence-corrected chi connectivity index (χ0v) is 17.8. The van der Waals surface area contributed by atoms with E-state index in [9.17, 15) is 29.8 Å². The fraction of sp³-hybridized carbons (Fsp3) is 0.333. The molecule has 0 aliphatic rings. The van der Waals surface area contributed by atoms with E-state index in [1.165, 1.54) is 32.4 Å². The number of ether oxygens (including phenoxy) is 4. The molecule has 0 N–H and O–H groups in total. The standard InChI is InChI=1S/C21H22N2O10/c1-30-18-10-15(17(23(28)29)11-19(18)31-2)13-33-21(25)9-5-8-20(24)32-12-14-6-3-4-7-16(14)22(26)27/h3-4,6-7,10-11H,5,8-9,12-13H2,1-2H3/i12D2. The first-order valence-electron chi connectivity index (χ1n) is 10.5. The summed E-state index contributed by atoms with van der Waals surface area (Å²) in [5.41, 5.74) is -1.23. The van der Waals surface area contributed by atoms with Gasteiger partial charge in [-0.2, -0.15) is 0 Å². The highest BCUT2D eigenvalue weighted by molar-refractivity contribution is 5.72. The first-order valence-corrected chi connectivity index (χ1v) is 9.50. The van der Waals surface area contributed by atoms with Crippen LogP contribution in [0.1, 0.15) is 33.1 Å². The lowest BCUT2D eigenvalue weighted by Crippen LogP contribution is -2.09. The molecule has 2 aromatic carbocycles. The van der Waals surface area contributed by atoms with E-state index in [2.05, 4.69) is 0 Å². The summed E-state index contributed by atoms with van der Waals surface area (Å²) in [7, 11) is 2.66. The zero-order chi connectivity index (χ0) is 26.2. The zero-order valence-electron chi connectivity index (χ0n) is 19.8. The molecule has 2 rings (SSSR count). The molecule has 0 amide bonds. The molecule has 2 aromatic rings. The minimum atomic E-state index is -2.76. The predicted octanol–water partition coefficient (Wildman–Crippen LogP) is 3.48. The van der Waals surface area contributed by atoms with Gasteiger partial charge in [0.2, 0.25) is 0 Å². The van der Waals surface area contributed by atoms with Gasteiger partial charge in [-0.15, -0.1) is 0 Å². The van der Waals surface area contributed by atoms with Crippen molar-refractivity contribution in [3.63, 3.8) is 0 Å². The highest BCUT2D eigenvalue weighted by Crippen LogP contribution is 2.34. The second-order valence-electron chi connectivity index (χ2n) is 6.46. The Morgan fingerprint density at radius 1 is 0.879 bits per heavy atom. The van der Waals surface area contributed by atoms with Crippen molar-refractivity contribution in [1.82, 2.24) is 0 Å². The lowest BCUT2D eigenvalue weighted by Gasteiger charge is -2.11. The maximum Gasteiger partial charge on any atom is 0.306 e. The molecule has 0 aliphatic heterocycles. The number of hydrogen-bond donors (Lipinski definition) is 0. The third-order valence-corrected chi connectivity index (χ3v) is 4.31. The molecule has 0 saturated heterocycles. The van der Waals surface area contributed by atoms with E-state index in [0.717, 1.165) is 18.2 Å². The number of methoxy groups -OCH3 is 2. The summed E-state index contributed by atoms with van der Waals surface area (Å²) in [6, 6.07) is 7.39. The number of hydrogen-bond acceptors (Lipinski definition) is 10. The Morgan fingerprint density at radius 3 is 2.06 bits per heavy atom. The van der Waals surface area contributed by atoms with Gasteiger partial charge in [0, 0.05) is 18.9 Å². The average Bonchev–Trinajstić information content (AvgIpc) is 2.81. The lowest BCUT2D eigenvalue weighted by atomic mass is 10.1. The van der Waals surface area contributed by atoms with E-state index < -0.39 is 46.2 Å². The van der Waals surface area contributed by atoms with Crippen LogP contribution in [0.5, 0.6) is 11.5 Å². The van der Waals surface area contributed by atoms with E-state index in [1.807, 2.05) is 0 Å². The van der Waals surface area contributed by atoms with E-state index in [1.54, 1.807) is 0 Å². The van der Waals surface area contributed by atoms with E-state index in [0.29, 0.717) is 0 Å². The number of nitro benzene ring substituents is 2. The van der Waals surface area contributed by atoms with Gasteiger partial charge >= 0.3 is 11.9 Å². The van der Waals surface area contributed by atoms with Gasteiger partial charge in [-0.1, -0.05) is 12.1 Å². The summed E-state index contributed by atoms with van der Waals surface area (Å²) in [5, 5.41) is 22.4. The van der Waals surface area contributed by atoms with Crippen molar-refractivity contribution in [1.29, 1.82) is 0 Å². The molecule has 0 saturated carbocycles. The van der Waals surface area contributed by atoms with Crippen LogP contribution in [0.15, 0.2) is 36.4 Å². The van der Waals surface area contributed by atoms with Gasteiger partial charge in [-0.3, -0.25) is 29.8 Å². The third kappa shape index (κ3) is 7.16. The average molecular weight is 464 g/mol. The van der Waals surface area contributed by atoms with Gasteiger partial charge in [-0.25, -0.2) is 0 Å². The van der Waals surface area contributed by atoms with Crippen LogP contribution in [0.3, 0.4) is 0 Å². The first-order chi connectivity index (χ1) is 16.5. The van der Waals surface area contributed by atoms with Crippen LogP contribution in [0.25, 0.3) is 0 Å². The topological polar surface area (TPSA) is 157 Å². The van der Waals surface area contributed by atoms with Crippen molar-refractivity contribution in [3.8, 4) is 11.5 Å². The van der Waals surface area contributed by atoms with Crippen molar-refractivity contribution in [2.45, 2.75) is 32.4 Å². The summed E-state index contributed by atoms with van der Waals surface area (Å²) in [6.07, 6.45) is -0.699. The van der Waals surface area contributed by atoms with Crippen molar-refractivity contribution in [2.75, 3.05) is 14.2 Å². The van der Waals surface area contributed by atoms with Gasteiger partial charge in [0.1, 0.15) is 13.2 Å². The Balaban J connectivity index is 1.91. The molecule has 0 unspecified atom stereocenters. The summed E-state index contributed by atoms with van der Waals surface area (Å²) in [6.45, 7) is -3.19. The molecule has 0 spiro atoms. The van der Waals surface area contributed by atoms with Crippen molar-refractivity contribution in [3.05, 3.63) is 67.8 Å². The molecule has 0 aliphatic carbocycles. The highest BCUT2D eigenvalue weighted by Gasteiger charge is 2.21. The van der Waals surface area contributed by atoms with Crippen molar-refractivity contribution >= 4 is 23.3 Å². The molecular formula is C21H22N2O10. The number of nitro groups is 2. The fourth-order valence-electron chi connectivity index (χ4n) is 2.69. The summed E-state index contributed by atoms with van der Waals surface area (Å²) in [5.74, 6) is -1.44. The number of esters is 2. The number of rotatable bonds is 12. The Morgan fingerprint density at radius 2 is 1.45 bits per heavy atom. The van der Waals surface area contributed by atoms with Crippen LogP contribution in [-0.4, -0.2) is 36.0 Å². The van der Waals surface area contributed by atoms with Crippen molar-refractivity contribution in [2.24, 2.45) is 0 Å². The second-order valence-corrected chi connectivity index (χ2v) is 6.46. The predicted molar refractivity (Wildman–Crippen MR) is 113 cm³/mol. The molecule has 12 heteroatoms. The number of carbonyl (C=O) groups excluding carboxylic acids is 2. The minimum Gasteiger partial charge on any atom is -0.493 e.